The Bertz CT molecular complexity index is 1340. The number of hydrogen-bond acceptors (Lipinski definition) is 5. The highest BCUT2D eigenvalue weighted by Gasteiger charge is 2.31. The SMILES string of the molecule is CCOC(=O)c1nc(Br)n(C(C)C)c1C(Cc1cc(C)c2nnn(C)c2c1)c1ccc(Cl)cc1. The monoisotopic (exact) mass is 543 g/mol. The molecule has 4 rings (SSSR count). The van der Waals surface area contributed by atoms with E-state index in [1.807, 2.05) is 38.2 Å². The minimum atomic E-state index is -0.431. The number of aromatic nitrogens is 5. The van der Waals surface area contributed by atoms with Crippen LogP contribution in [0.2, 0.25) is 5.02 Å². The number of imidazole rings is 1. The van der Waals surface area contributed by atoms with E-state index in [9.17, 15) is 4.79 Å². The second-order valence-corrected chi connectivity index (χ2v) is 9.75. The normalized spacial score (nSPS) is 12.5. The number of fused-ring (bicyclic) bond motifs is 1. The van der Waals surface area contributed by atoms with Gasteiger partial charge in [0.25, 0.3) is 0 Å². The molecule has 0 saturated heterocycles. The number of esters is 1. The first-order valence-corrected chi connectivity index (χ1v) is 12.4. The van der Waals surface area contributed by atoms with Crippen LogP contribution in [0.5, 0.6) is 0 Å². The van der Waals surface area contributed by atoms with Gasteiger partial charge in [-0.1, -0.05) is 35.0 Å². The molecule has 0 aliphatic heterocycles. The highest BCUT2D eigenvalue weighted by molar-refractivity contribution is 9.10. The summed E-state index contributed by atoms with van der Waals surface area (Å²) in [6.07, 6.45) is 0.640. The summed E-state index contributed by atoms with van der Waals surface area (Å²) in [4.78, 5) is 17.6. The first kappa shape index (κ1) is 24.4. The van der Waals surface area contributed by atoms with Gasteiger partial charge in [-0.25, -0.2) is 14.5 Å². The zero-order valence-corrected chi connectivity index (χ0v) is 22.2. The van der Waals surface area contributed by atoms with Crippen molar-refractivity contribution in [2.45, 2.75) is 46.1 Å². The standard InChI is InChI=1S/C25H27BrClN5O2/c1-6-34-24(33)22-23(32(14(2)3)25(26)28-22)19(17-7-9-18(27)10-8-17)12-16-11-15(4)21-20(13-16)31(5)30-29-21/h7-11,13-14,19H,6,12H2,1-5H3. The smallest absolute Gasteiger partial charge is 0.358 e. The van der Waals surface area contributed by atoms with Crippen LogP contribution in [0.3, 0.4) is 0 Å². The Morgan fingerprint density at radius 2 is 1.91 bits per heavy atom. The molecule has 1 atom stereocenters. The van der Waals surface area contributed by atoms with Gasteiger partial charge in [0, 0.05) is 24.0 Å². The molecule has 2 aromatic heterocycles. The van der Waals surface area contributed by atoms with Crippen LogP contribution in [0.4, 0.5) is 0 Å². The molecule has 2 heterocycles. The van der Waals surface area contributed by atoms with Crippen molar-refractivity contribution in [2.24, 2.45) is 7.05 Å². The molecular formula is C25H27BrClN5O2. The van der Waals surface area contributed by atoms with Crippen molar-refractivity contribution in [2.75, 3.05) is 6.61 Å². The number of ether oxygens (including phenoxy) is 1. The van der Waals surface area contributed by atoms with E-state index < -0.39 is 5.97 Å². The van der Waals surface area contributed by atoms with Crippen molar-refractivity contribution in [3.05, 3.63) is 74.2 Å². The predicted molar refractivity (Wildman–Crippen MR) is 137 cm³/mol. The molecule has 178 valence electrons. The van der Waals surface area contributed by atoms with Crippen LogP contribution in [-0.2, 0) is 18.2 Å². The van der Waals surface area contributed by atoms with E-state index in [1.54, 1.807) is 11.6 Å². The highest BCUT2D eigenvalue weighted by Crippen LogP contribution is 2.36. The summed E-state index contributed by atoms with van der Waals surface area (Å²) in [7, 11) is 1.89. The van der Waals surface area contributed by atoms with E-state index in [1.165, 1.54) is 0 Å². The summed E-state index contributed by atoms with van der Waals surface area (Å²) in [5.74, 6) is -0.602. The molecule has 0 N–H and O–H groups in total. The third-order valence-electron chi connectivity index (χ3n) is 5.90. The molecular weight excluding hydrogens is 518 g/mol. The number of halogens is 2. The van der Waals surface area contributed by atoms with Gasteiger partial charge in [0.1, 0.15) is 5.52 Å². The molecule has 0 bridgehead atoms. The molecule has 34 heavy (non-hydrogen) atoms. The third kappa shape index (κ3) is 4.61. The van der Waals surface area contributed by atoms with Crippen LogP contribution in [0, 0.1) is 6.92 Å². The van der Waals surface area contributed by atoms with Crippen molar-refractivity contribution in [1.29, 1.82) is 0 Å². The van der Waals surface area contributed by atoms with E-state index in [0.717, 1.165) is 33.4 Å². The zero-order valence-electron chi connectivity index (χ0n) is 19.8. The number of hydrogen-bond donors (Lipinski definition) is 0. The van der Waals surface area contributed by atoms with Crippen molar-refractivity contribution in [1.82, 2.24) is 24.5 Å². The summed E-state index contributed by atoms with van der Waals surface area (Å²) >= 11 is 9.78. The van der Waals surface area contributed by atoms with Gasteiger partial charge in [0.2, 0.25) is 0 Å². The lowest BCUT2D eigenvalue weighted by molar-refractivity contribution is 0.0518. The summed E-state index contributed by atoms with van der Waals surface area (Å²) in [5, 5.41) is 9.11. The van der Waals surface area contributed by atoms with Gasteiger partial charge in [-0.15, -0.1) is 5.10 Å². The summed E-state index contributed by atoms with van der Waals surface area (Å²) in [6.45, 7) is 8.25. The summed E-state index contributed by atoms with van der Waals surface area (Å²) < 4.78 is 9.81. The molecule has 0 amide bonds. The van der Waals surface area contributed by atoms with Gasteiger partial charge < -0.3 is 9.30 Å². The molecule has 0 aliphatic rings. The van der Waals surface area contributed by atoms with Gasteiger partial charge in [-0.2, -0.15) is 0 Å². The highest BCUT2D eigenvalue weighted by atomic mass is 79.9. The Hall–Kier alpha value is -2.71. The summed E-state index contributed by atoms with van der Waals surface area (Å²) in [5.41, 5.74) is 6.18. The Morgan fingerprint density at radius 3 is 2.56 bits per heavy atom. The van der Waals surface area contributed by atoms with E-state index in [-0.39, 0.29) is 18.6 Å². The molecule has 0 fully saturated rings. The van der Waals surface area contributed by atoms with Crippen LogP contribution in [0.1, 0.15) is 65.6 Å². The maximum absolute atomic E-state index is 13.0. The number of aryl methyl sites for hydroxylation is 2. The number of benzene rings is 2. The maximum Gasteiger partial charge on any atom is 0.358 e. The van der Waals surface area contributed by atoms with Gasteiger partial charge in [-0.3, -0.25) is 0 Å². The zero-order chi connectivity index (χ0) is 24.6. The van der Waals surface area contributed by atoms with Crippen molar-refractivity contribution >= 4 is 44.5 Å². The van der Waals surface area contributed by atoms with Gasteiger partial charge in [0.05, 0.1) is 17.8 Å². The predicted octanol–water partition coefficient (Wildman–Crippen LogP) is 6.02. The lowest BCUT2D eigenvalue weighted by Gasteiger charge is -2.23. The molecule has 9 heteroatoms. The van der Waals surface area contributed by atoms with Crippen molar-refractivity contribution in [3.63, 3.8) is 0 Å². The molecule has 1 unspecified atom stereocenters. The maximum atomic E-state index is 13.0. The topological polar surface area (TPSA) is 74.8 Å². The van der Waals surface area contributed by atoms with Crippen LogP contribution in [-0.4, -0.2) is 37.1 Å². The van der Waals surface area contributed by atoms with Crippen LogP contribution < -0.4 is 0 Å². The number of rotatable bonds is 7. The summed E-state index contributed by atoms with van der Waals surface area (Å²) in [6, 6.07) is 12.1. The van der Waals surface area contributed by atoms with Crippen LogP contribution in [0.15, 0.2) is 41.1 Å². The fraction of sp³-hybridized carbons (Fsp3) is 0.360. The second-order valence-electron chi connectivity index (χ2n) is 8.60. The fourth-order valence-corrected chi connectivity index (χ4v) is 5.29. The average Bonchev–Trinajstić information content (AvgIpc) is 3.33. The molecule has 0 aliphatic carbocycles. The molecule has 2 aromatic carbocycles. The Morgan fingerprint density at radius 1 is 1.21 bits per heavy atom. The Kier molecular flexibility index (Phi) is 7.09. The van der Waals surface area contributed by atoms with Gasteiger partial charge in [0.15, 0.2) is 10.4 Å². The molecule has 0 radical (unpaired) electrons. The third-order valence-corrected chi connectivity index (χ3v) is 6.71. The Balaban J connectivity index is 1.93. The Labute approximate surface area is 212 Å². The van der Waals surface area contributed by atoms with Gasteiger partial charge in [-0.05, 0) is 84.9 Å². The van der Waals surface area contributed by atoms with Crippen LogP contribution in [0.25, 0.3) is 11.0 Å². The molecule has 0 spiro atoms. The van der Waals surface area contributed by atoms with E-state index in [4.69, 9.17) is 16.3 Å². The van der Waals surface area contributed by atoms with E-state index in [0.29, 0.717) is 21.9 Å². The van der Waals surface area contributed by atoms with Gasteiger partial charge >= 0.3 is 5.97 Å². The van der Waals surface area contributed by atoms with Crippen molar-refractivity contribution < 1.29 is 9.53 Å². The second kappa shape index (κ2) is 9.88. The molecule has 4 aromatic rings. The van der Waals surface area contributed by atoms with E-state index >= 15 is 0 Å². The minimum absolute atomic E-state index is 0.0698. The molecule has 0 saturated carbocycles. The fourth-order valence-electron chi connectivity index (χ4n) is 4.38. The van der Waals surface area contributed by atoms with Crippen LogP contribution >= 0.6 is 27.5 Å². The van der Waals surface area contributed by atoms with E-state index in [2.05, 4.69) is 61.8 Å². The number of nitrogens with zero attached hydrogens (tertiary/aromatic N) is 5. The quantitative estimate of drug-likeness (QED) is 0.266. The van der Waals surface area contributed by atoms with Crippen molar-refractivity contribution in [3.8, 4) is 0 Å². The first-order valence-electron chi connectivity index (χ1n) is 11.2. The first-order chi connectivity index (χ1) is 16.2. The number of carbonyl (C=O) groups excluding carboxylic acids is 1. The average molecular weight is 545 g/mol. The largest absolute Gasteiger partial charge is 0.461 e. The minimum Gasteiger partial charge on any atom is -0.461 e. The lowest BCUT2D eigenvalue weighted by atomic mass is 9.87. The number of carbonyl (C=O) groups is 1. The molecule has 7 nitrogen and oxygen atoms in total. The lowest BCUT2D eigenvalue weighted by Crippen LogP contribution is -2.18.